The van der Waals surface area contributed by atoms with Crippen molar-refractivity contribution in [3.05, 3.63) is 65.7 Å². The van der Waals surface area contributed by atoms with Gasteiger partial charge in [0.2, 0.25) is 11.8 Å². The molecule has 2 heterocycles. The molecule has 2 fully saturated rings. The second-order valence-corrected chi connectivity index (χ2v) is 8.47. The summed E-state index contributed by atoms with van der Waals surface area (Å²) in [6, 6.07) is 17.7. The lowest BCUT2D eigenvalue weighted by Gasteiger charge is -2.34. The fraction of sp³-hybridized carbons (Fsp3) is 0.364. The van der Waals surface area contributed by atoms with Crippen LogP contribution in [0.3, 0.4) is 0 Å². The van der Waals surface area contributed by atoms with Crippen molar-refractivity contribution >= 4 is 29.3 Å². The van der Waals surface area contributed by atoms with Gasteiger partial charge in [0.05, 0.1) is 0 Å². The lowest BCUT2D eigenvalue weighted by Crippen LogP contribution is -2.48. The predicted octanol–water partition coefficient (Wildman–Crippen LogP) is 4.17. The molecule has 0 spiro atoms. The van der Waals surface area contributed by atoms with E-state index >= 15 is 0 Å². The number of thioether (sulfide) groups is 1. The van der Waals surface area contributed by atoms with E-state index in [0.29, 0.717) is 12.2 Å². The van der Waals surface area contributed by atoms with Gasteiger partial charge in [-0.1, -0.05) is 55.8 Å². The van der Waals surface area contributed by atoms with Crippen LogP contribution in [-0.2, 0) is 20.9 Å². The number of benzene rings is 2. The van der Waals surface area contributed by atoms with Crippen LogP contribution < -0.4 is 5.32 Å². The quantitative estimate of drug-likeness (QED) is 0.847. The van der Waals surface area contributed by atoms with E-state index in [1.807, 2.05) is 35.2 Å². The van der Waals surface area contributed by atoms with Gasteiger partial charge in [-0.25, -0.2) is 0 Å². The van der Waals surface area contributed by atoms with Crippen LogP contribution in [0.5, 0.6) is 0 Å². The van der Waals surface area contributed by atoms with Gasteiger partial charge in [-0.15, -0.1) is 11.8 Å². The average molecular weight is 381 g/mol. The molecular formula is C22H24N2O2S. The Labute approximate surface area is 164 Å². The molecule has 5 heteroatoms. The Morgan fingerprint density at radius 1 is 1.19 bits per heavy atom. The molecule has 0 bridgehead atoms. The number of hydrogen-bond acceptors (Lipinski definition) is 3. The zero-order valence-electron chi connectivity index (χ0n) is 15.5. The van der Waals surface area contributed by atoms with E-state index in [2.05, 4.69) is 36.5 Å². The highest BCUT2D eigenvalue weighted by molar-refractivity contribution is 8.00. The molecule has 2 aliphatic heterocycles. The Morgan fingerprint density at radius 3 is 2.63 bits per heavy atom. The van der Waals surface area contributed by atoms with Gasteiger partial charge in [0.15, 0.2) is 0 Å². The predicted molar refractivity (Wildman–Crippen MR) is 110 cm³/mol. The number of rotatable bonds is 5. The molecule has 2 aliphatic rings. The van der Waals surface area contributed by atoms with Crippen molar-refractivity contribution in [2.24, 2.45) is 0 Å². The van der Waals surface area contributed by atoms with Crippen molar-refractivity contribution in [2.75, 3.05) is 11.1 Å². The fourth-order valence-electron chi connectivity index (χ4n) is 4.10. The normalized spacial score (nSPS) is 24.1. The first-order valence-electron chi connectivity index (χ1n) is 9.55. The van der Waals surface area contributed by atoms with E-state index in [1.54, 1.807) is 11.8 Å². The molecule has 2 amide bonds. The largest absolute Gasteiger partial charge is 0.324 e. The minimum Gasteiger partial charge on any atom is -0.324 e. The summed E-state index contributed by atoms with van der Waals surface area (Å²) in [5.41, 5.74) is 3.17. The summed E-state index contributed by atoms with van der Waals surface area (Å²) in [6.07, 6.45) is 3.40. The first-order chi connectivity index (χ1) is 13.1. The van der Waals surface area contributed by atoms with Crippen LogP contribution in [0.15, 0.2) is 54.6 Å². The average Bonchev–Trinajstić information content (AvgIpc) is 3.24. The number of carbonyl (C=O) groups excluding carboxylic acids is 2. The van der Waals surface area contributed by atoms with E-state index < -0.39 is 10.9 Å². The summed E-state index contributed by atoms with van der Waals surface area (Å²) >= 11 is 1.72. The monoisotopic (exact) mass is 380 g/mol. The number of nitrogens with one attached hydrogen (secondary N) is 1. The van der Waals surface area contributed by atoms with Gasteiger partial charge in [-0.3, -0.25) is 9.59 Å². The van der Waals surface area contributed by atoms with Gasteiger partial charge >= 0.3 is 0 Å². The Morgan fingerprint density at radius 2 is 1.93 bits per heavy atom. The van der Waals surface area contributed by atoms with Gasteiger partial charge in [0.1, 0.15) is 10.9 Å². The number of amides is 2. The molecule has 2 saturated heterocycles. The Kier molecular flexibility index (Phi) is 4.96. The van der Waals surface area contributed by atoms with E-state index in [1.165, 1.54) is 5.56 Å². The summed E-state index contributed by atoms with van der Waals surface area (Å²) in [7, 11) is 0. The number of fused-ring (bicyclic) bond motifs is 1. The topological polar surface area (TPSA) is 49.4 Å². The lowest BCUT2D eigenvalue weighted by molar-refractivity contribution is -0.136. The van der Waals surface area contributed by atoms with Crippen molar-refractivity contribution in [3.8, 4) is 0 Å². The summed E-state index contributed by atoms with van der Waals surface area (Å²) in [5, 5.41) is 3.01. The highest BCUT2D eigenvalue weighted by Gasteiger charge is 2.56. The van der Waals surface area contributed by atoms with Gasteiger partial charge in [0.25, 0.3) is 0 Å². The fourth-order valence-corrected chi connectivity index (χ4v) is 5.76. The Balaban J connectivity index is 1.54. The van der Waals surface area contributed by atoms with Crippen molar-refractivity contribution < 1.29 is 9.59 Å². The van der Waals surface area contributed by atoms with Crippen molar-refractivity contribution in [2.45, 2.75) is 43.5 Å². The maximum Gasteiger partial charge on any atom is 0.248 e. The zero-order valence-corrected chi connectivity index (χ0v) is 16.3. The summed E-state index contributed by atoms with van der Waals surface area (Å²) in [5.74, 6) is 0.599. The molecule has 4 nitrogen and oxygen atoms in total. The molecule has 0 aromatic heterocycles. The van der Waals surface area contributed by atoms with Crippen molar-refractivity contribution in [3.63, 3.8) is 0 Å². The lowest BCUT2D eigenvalue weighted by atomic mass is 10.0. The smallest absolute Gasteiger partial charge is 0.248 e. The molecule has 0 radical (unpaired) electrons. The number of aryl methyl sites for hydroxylation is 1. The number of hydrogen-bond donors (Lipinski definition) is 1. The molecule has 1 N–H and O–H groups in total. The minimum atomic E-state index is -0.430. The van der Waals surface area contributed by atoms with Gasteiger partial charge in [-0.2, -0.15) is 0 Å². The van der Waals surface area contributed by atoms with Crippen LogP contribution >= 0.6 is 11.8 Å². The second kappa shape index (κ2) is 7.39. The van der Waals surface area contributed by atoms with Gasteiger partial charge in [-0.05, 0) is 36.1 Å². The van der Waals surface area contributed by atoms with Crippen LogP contribution in [0.25, 0.3) is 0 Å². The first-order valence-corrected chi connectivity index (χ1v) is 10.5. The first kappa shape index (κ1) is 18.1. The molecule has 0 aliphatic carbocycles. The highest BCUT2D eigenvalue weighted by atomic mass is 32.2. The van der Waals surface area contributed by atoms with Crippen LogP contribution in [-0.4, -0.2) is 28.5 Å². The van der Waals surface area contributed by atoms with E-state index in [4.69, 9.17) is 0 Å². The Bertz CT molecular complexity index is 837. The van der Waals surface area contributed by atoms with Crippen LogP contribution in [0.2, 0.25) is 0 Å². The maximum atomic E-state index is 13.0. The highest BCUT2D eigenvalue weighted by Crippen LogP contribution is 2.54. The second-order valence-electron chi connectivity index (χ2n) is 7.18. The third kappa shape index (κ3) is 3.25. The molecule has 2 atom stereocenters. The standard InChI is InChI=1S/C22H24N2O2S/c1-2-6-16-9-11-18(12-10-16)23-21(26)19-15-27-22(14-13-20(25)24(19)22)17-7-4-3-5-8-17/h3-5,7-12,19H,2,6,13-15H2,1H3,(H,23,26)/t19-,22-/m0/s1. The molecule has 0 saturated carbocycles. The SMILES string of the molecule is CCCc1ccc(NC(=O)[C@@H]2CS[C@]3(c4ccccc4)CCC(=O)N23)cc1. The molecule has 140 valence electrons. The molecule has 2 aromatic rings. The van der Waals surface area contributed by atoms with Gasteiger partial charge < -0.3 is 10.2 Å². The number of nitrogens with zero attached hydrogens (tertiary/aromatic N) is 1. The zero-order chi connectivity index (χ0) is 18.9. The van der Waals surface area contributed by atoms with Gasteiger partial charge in [0, 0.05) is 17.9 Å². The third-order valence-electron chi connectivity index (χ3n) is 5.41. The third-order valence-corrected chi connectivity index (χ3v) is 7.01. The number of anilines is 1. The summed E-state index contributed by atoms with van der Waals surface area (Å²) in [4.78, 5) is 27.0. The summed E-state index contributed by atoms with van der Waals surface area (Å²) < 4.78 is 0. The number of carbonyl (C=O) groups is 2. The van der Waals surface area contributed by atoms with Crippen LogP contribution in [0.1, 0.15) is 37.3 Å². The molecule has 0 unspecified atom stereocenters. The molecular weight excluding hydrogens is 356 g/mol. The van der Waals surface area contributed by atoms with Crippen molar-refractivity contribution in [1.29, 1.82) is 0 Å². The summed E-state index contributed by atoms with van der Waals surface area (Å²) in [6.45, 7) is 2.15. The van der Waals surface area contributed by atoms with Crippen molar-refractivity contribution in [1.82, 2.24) is 4.90 Å². The van der Waals surface area contributed by atoms with E-state index in [-0.39, 0.29) is 11.8 Å². The van der Waals surface area contributed by atoms with Crippen LogP contribution in [0, 0.1) is 0 Å². The molecule has 2 aromatic carbocycles. The van der Waals surface area contributed by atoms with E-state index in [9.17, 15) is 9.59 Å². The minimum absolute atomic E-state index is 0.0716. The van der Waals surface area contributed by atoms with E-state index in [0.717, 1.165) is 30.5 Å². The Hall–Kier alpha value is -2.27. The molecule has 27 heavy (non-hydrogen) atoms. The molecule has 4 rings (SSSR count). The van der Waals surface area contributed by atoms with Crippen LogP contribution in [0.4, 0.5) is 5.69 Å². The maximum absolute atomic E-state index is 13.0.